The van der Waals surface area contributed by atoms with Gasteiger partial charge in [0.05, 0.1) is 16.3 Å². The van der Waals surface area contributed by atoms with E-state index in [-0.39, 0.29) is 6.04 Å². The van der Waals surface area contributed by atoms with Crippen LogP contribution in [0.15, 0.2) is 29.0 Å². The highest BCUT2D eigenvalue weighted by Crippen LogP contribution is 2.31. The van der Waals surface area contributed by atoms with Crippen LogP contribution in [0.3, 0.4) is 0 Å². The first-order valence-corrected chi connectivity index (χ1v) is 6.56. The summed E-state index contributed by atoms with van der Waals surface area (Å²) in [5.41, 5.74) is 1.83. The number of fused-ring (bicyclic) bond motifs is 1. The summed E-state index contributed by atoms with van der Waals surface area (Å²) in [6, 6.07) is 5.75. The van der Waals surface area contributed by atoms with Gasteiger partial charge in [0, 0.05) is 6.54 Å². The summed E-state index contributed by atoms with van der Waals surface area (Å²) in [4.78, 5) is 6.34. The SMILES string of the molecule is Cc1c(/N=C2\OC[C@@H]3C(O)=CCN23)ccc(C#N)c1Cl. The number of hydrogen-bond donors (Lipinski definition) is 1. The monoisotopic (exact) mass is 289 g/mol. The summed E-state index contributed by atoms with van der Waals surface area (Å²) < 4.78 is 5.51. The second kappa shape index (κ2) is 4.73. The molecule has 1 aromatic rings. The Morgan fingerprint density at radius 3 is 3.10 bits per heavy atom. The van der Waals surface area contributed by atoms with Gasteiger partial charge in [-0.2, -0.15) is 10.3 Å². The van der Waals surface area contributed by atoms with Crippen molar-refractivity contribution in [3.63, 3.8) is 0 Å². The highest BCUT2D eigenvalue weighted by atomic mass is 35.5. The average Bonchev–Trinajstić information content (AvgIpc) is 3.00. The Bertz CT molecular complexity index is 676. The minimum atomic E-state index is -0.136. The predicted molar refractivity (Wildman–Crippen MR) is 75.2 cm³/mol. The van der Waals surface area contributed by atoms with Crippen molar-refractivity contribution in [2.24, 2.45) is 4.99 Å². The van der Waals surface area contributed by atoms with Gasteiger partial charge in [-0.15, -0.1) is 0 Å². The largest absolute Gasteiger partial charge is 0.510 e. The van der Waals surface area contributed by atoms with E-state index in [1.165, 1.54) is 0 Å². The number of ether oxygens (including phenoxy) is 1. The second-order valence-corrected chi connectivity index (χ2v) is 5.06. The van der Waals surface area contributed by atoms with E-state index < -0.39 is 0 Å². The first-order valence-electron chi connectivity index (χ1n) is 6.18. The van der Waals surface area contributed by atoms with Gasteiger partial charge >= 0.3 is 0 Å². The number of hydrogen-bond acceptors (Lipinski definition) is 4. The fourth-order valence-electron chi connectivity index (χ4n) is 2.32. The summed E-state index contributed by atoms with van der Waals surface area (Å²) >= 11 is 6.12. The van der Waals surface area contributed by atoms with Crippen molar-refractivity contribution >= 4 is 23.3 Å². The Morgan fingerprint density at radius 1 is 1.55 bits per heavy atom. The number of nitriles is 1. The summed E-state index contributed by atoms with van der Waals surface area (Å²) in [5.74, 6) is 0.324. The summed E-state index contributed by atoms with van der Waals surface area (Å²) in [7, 11) is 0. The van der Waals surface area contributed by atoms with Gasteiger partial charge in [0.1, 0.15) is 24.5 Å². The maximum Gasteiger partial charge on any atom is 0.293 e. The normalized spacial score (nSPS) is 22.4. The Morgan fingerprint density at radius 2 is 2.35 bits per heavy atom. The zero-order valence-corrected chi connectivity index (χ0v) is 11.6. The molecule has 0 bridgehead atoms. The maximum absolute atomic E-state index is 9.68. The van der Waals surface area contributed by atoms with E-state index in [1.807, 2.05) is 17.9 Å². The zero-order valence-electron chi connectivity index (χ0n) is 10.8. The molecular formula is C14H12ClN3O2. The van der Waals surface area contributed by atoms with Crippen LogP contribution in [0.5, 0.6) is 0 Å². The lowest BCUT2D eigenvalue weighted by Gasteiger charge is -2.14. The first-order chi connectivity index (χ1) is 9.61. The molecule has 1 fully saturated rings. The van der Waals surface area contributed by atoms with E-state index in [0.717, 1.165) is 5.56 Å². The van der Waals surface area contributed by atoms with Crippen LogP contribution in [-0.2, 0) is 4.74 Å². The van der Waals surface area contributed by atoms with Gasteiger partial charge in [-0.3, -0.25) is 0 Å². The van der Waals surface area contributed by atoms with Gasteiger partial charge in [0.2, 0.25) is 0 Å². The van der Waals surface area contributed by atoms with Crippen LogP contribution in [0.4, 0.5) is 5.69 Å². The molecule has 0 unspecified atom stereocenters. The molecule has 3 rings (SSSR count). The topological polar surface area (TPSA) is 68.8 Å². The molecule has 1 N–H and O–H groups in total. The molecule has 0 aliphatic carbocycles. The van der Waals surface area contributed by atoms with E-state index in [9.17, 15) is 5.11 Å². The molecular weight excluding hydrogens is 278 g/mol. The molecule has 2 aliphatic rings. The van der Waals surface area contributed by atoms with Gasteiger partial charge in [-0.25, -0.2) is 0 Å². The van der Waals surface area contributed by atoms with Crippen molar-refractivity contribution in [1.82, 2.24) is 4.90 Å². The fourth-order valence-corrected chi connectivity index (χ4v) is 2.52. The van der Waals surface area contributed by atoms with Gasteiger partial charge in [0.25, 0.3) is 6.02 Å². The Hall–Kier alpha value is -2.19. The smallest absolute Gasteiger partial charge is 0.293 e. The third-order valence-corrected chi connectivity index (χ3v) is 4.01. The molecule has 1 aromatic carbocycles. The molecule has 0 aromatic heterocycles. The van der Waals surface area contributed by atoms with Crippen LogP contribution in [0.2, 0.25) is 5.02 Å². The number of benzene rings is 1. The van der Waals surface area contributed by atoms with Gasteiger partial charge < -0.3 is 14.7 Å². The standard InChI is InChI=1S/C14H12ClN3O2/c1-8-10(3-2-9(6-16)13(8)15)17-14-18-5-4-12(19)11(18)7-20-14/h2-4,11,19H,5,7H2,1H3/b17-14-/t11-/m1/s1. The number of rotatable bonds is 1. The summed E-state index contributed by atoms with van der Waals surface area (Å²) in [6.45, 7) is 2.79. The maximum atomic E-state index is 9.68. The van der Waals surface area contributed by atoms with Crippen molar-refractivity contribution in [3.8, 4) is 6.07 Å². The lowest BCUT2D eigenvalue weighted by atomic mass is 10.1. The molecule has 6 heteroatoms. The minimum Gasteiger partial charge on any atom is -0.510 e. The van der Waals surface area contributed by atoms with Crippen LogP contribution < -0.4 is 0 Å². The third-order valence-electron chi connectivity index (χ3n) is 3.53. The minimum absolute atomic E-state index is 0.136. The molecule has 2 aliphatic heterocycles. The van der Waals surface area contributed by atoms with Crippen molar-refractivity contribution in [2.75, 3.05) is 13.2 Å². The van der Waals surface area contributed by atoms with Gasteiger partial charge in [-0.05, 0) is 30.7 Å². The van der Waals surface area contributed by atoms with Crippen LogP contribution in [0.1, 0.15) is 11.1 Å². The molecule has 2 heterocycles. The summed E-state index contributed by atoms with van der Waals surface area (Å²) in [6.07, 6.45) is 1.75. The van der Waals surface area contributed by atoms with E-state index in [0.29, 0.717) is 41.2 Å². The molecule has 5 nitrogen and oxygen atoms in total. The van der Waals surface area contributed by atoms with Gasteiger partial charge in [0.15, 0.2) is 0 Å². The van der Waals surface area contributed by atoms with E-state index in [1.54, 1.807) is 18.2 Å². The van der Waals surface area contributed by atoms with E-state index in [2.05, 4.69) is 4.99 Å². The first kappa shape index (κ1) is 12.8. The third kappa shape index (κ3) is 1.89. The van der Waals surface area contributed by atoms with Gasteiger partial charge in [-0.1, -0.05) is 11.6 Å². The van der Waals surface area contributed by atoms with Crippen molar-refractivity contribution in [1.29, 1.82) is 5.26 Å². The number of aliphatic imine (C=N–C) groups is 1. The fraction of sp³-hybridized carbons (Fsp3) is 0.286. The summed E-state index contributed by atoms with van der Waals surface area (Å²) in [5, 5.41) is 19.0. The Kier molecular flexibility index (Phi) is 3.03. The number of amidine groups is 1. The lowest BCUT2D eigenvalue weighted by Crippen LogP contribution is -2.30. The molecule has 1 atom stereocenters. The quantitative estimate of drug-likeness (QED) is 0.863. The van der Waals surface area contributed by atoms with Crippen LogP contribution in [0.25, 0.3) is 0 Å². The molecule has 0 spiro atoms. The highest BCUT2D eigenvalue weighted by molar-refractivity contribution is 6.32. The van der Waals surface area contributed by atoms with Crippen molar-refractivity contribution < 1.29 is 9.84 Å². The molecule has 0 amide bonds. The van der Waals surface area contributed by atoms with Crippen LogP contribution in [-0.4, -0.2) is 35.2 Å². The lowest BCUT2D eigenvalue weighted by molar-refractivity contribution is 0.283. The number of nitrogens with zero attached hydrogens (tertiary/aromatic N) is 3. The number of aliphatic hydroxyl groups is 1. The van der Waals surface area contributed by atoms with Crippen molar-refractivity contribution in [2.45, 2.75) is 13.0 Å². The number of halogens is 1. The second-order valence-electron chi connectivity index (χ2n) is 4.69. The highest BCUT2D eigenvalue weighted by Gasteiger charge is 2.37. The molecule has 102 valence electrons. The molecule has 1 saturated heterocycles. The predicted octanol–water partition coefficient (Wildman–Crippen LogP) is 2.66. The Balaban J connectivity index is 1.95. The molecule has 0 radical (unpaired) electrons. The molecule has 20 heavy (non-hydrogen) atoms. The average molecular weight is 290 g/mol. The molecule has 0 saturated carbocycles. The van der Waals surface area contributed by atoms with Crippen LogP contribution >= 0.6 is 11.6 Å². The van der Waals surface area contributed by atoms with E-state index >= 15 is 0 Å². The van der Waals surface area contributed by atoms with Crippen molar-refractivity contribution in [3.05, 3.63) is 40.1 Å². The zero-order chi connectivity index (χ0) is 14.3. The van der Waals surface area contributed by atoms with Crippen LogP contribution in [0, 0.1) is 18.3 Å². The Labute approximate surface area is 121 Å². The number of aliphatic hydroxyl groups excluding tert-OH is 1. The van der Waals surface area contributed by atoms with E-state index in [4.69, 9.17) is 21.6 Å².